The molecule has 1 aliphatic rings. The molecule has 2 heterocycles. The third kappa shape index (κ3) is 3.29. The molecule has 0 radical (unpaired) electrons. The van der Waals surface area contributed by atoms with Crippen molar-refractivity contribution in [2.24, 2.45) is 0 Å². The largest absolute Gasteiger partial charge is 0.497 e. The van der Waals surface area contributed by atoms with Crippen molar-refractivity contribution < 1.29 is 9.53 Å². The van der Waals surface area contributed by atoms with Crippen LogP contribution in [-0.2, 0) is 17.6 Å². The summed E-state index contributed by atoms with van der Waals surface area (Å²) in [4.78, 5) is 15.0. The van der Waals surface area contributed by atoms with E-state index in [1.165, 1.54) is 5.56 Å². The fourth-order valence-corrected chi connectivity index (χ4v) is 3.85. The van der Waals surface area contributed by atoms with Crippen LogP contribution in [0.1, 0.15) is 24.1 Å². The van der Waals surface area contributed by atoms with Crippen molar-refractivity contribution in [3.8, 4) is 5.75 Å². The number of hydrogen-bond acceptors (Lipinski definition) is 3. The van der Waals surface area contributed by atoms with E-state index in [2.05, 4.69) is 22.3 Å². The Bertz CT molecular complexity index is 918. The van der Waals surface area contributed by atoms with E-state index in [1.807, 2.05) is 41.3 Å². The van der Waals surface area contributed by atoms with Gasteiger partial charge in [0.2, 0.25) is 5.91 Å². The number of ether oxygens (including phenoxy) is 1. The highest BCUT2D eigenvalue weighted by Gasteiger charge is 2.29. The molecule has 1 amide bonds. The Morgan fingerprint density at radius 2 is 2.15 bits per heavy atom. The number of H-pyrrole nitrogens is 1. The fourth-order valence-electron chi connectivity index (χ4n) is 3.85. The van der Waals surface area contributed by atoms with Crippen molar-refractivity contribution in [2.75, 3.05) is 13.7 Å². The Hall–Kier alpha value is -2.82. The Morgan fingerprint density at radius 3 is 3.04 bits per heavy atom. The van der Waals surface area contributed by atoms with E-state index >= 15 is 0 Å². The quantitative estimate of drug-likeness (QED) is 0.768. The zero-order valence-electron chi connectivity index (χ0n) is 14.9. The summed E-state index contributed by atoms with van der Waals surface area (Å²) in [5.74, 6) is 1.03. The average Bonchev–Trinajstić information content (AvgIpc) is 3.29. The number of benzene rings is 2. The van der Waals surface area contributed by atoms with Gasteiger partial charge in [0.25, 0.3) is 0 Å². The van der Waals surface area contributed by atoms with Gasteiger partial charge in [0, 0.05) is 18.0 Å². The normalized spacial score (nSPS) is 17.0. The Labute approximate surface area is 153 Å². The number of fused-ring (bicyclic) bond motifs is 1. The summed E-state index contributed by atoms with van der Waals surface area (Å²) in [5, 5.41) is 8.36. The molecule has 3 aromatic rings. The highest BCUT2D eigenvalue weighted by atomic mass is 16.5. The third-order valence-corrected chi connectivity index (χ3v) is 5.17. The molecule has 134 valence electrons. The molecule has 0 aliphatic carbocycles. The number of carbonyl (C=O) groups is 1. The first kappa shape index (κ1) is 16.6. The van der Waals surface area contributed by atoms with Crippen LogP contribution in [0.15, 0.2) is 48.5 Å². The van der Waals surface area contributed by atoms with Crippen LogP contribution in [0.5, 0.6) is 5.75 Å². The number of hydrogen-bond donors (Lipinski definition) is 1. The minimum absolute atomic E-state index is 0.171. The standard InChI is InChI=1S/C21H23N3O2/c1-26-17-8-4-6-15(13-17)12-16-7-5-11-24(16)21(25)14-20-18-9-2-3-10-19(18)22-23-20/h2-4,6,8-10,13,16H,5,7,11-12,14H2,1H3,(H,22,23)/t16-/m0/s1. The molecule has 0 spiro atoms. The van der Waals surface area contributed by atoms with Crippen molar-refractivity contribution in [1.29, 1.82) is 0 Å². The van der Waals surface area contributed by atoms with Gasteiger partial charge in [0.15, 0.2) is 0 Å². The molecule has 1 saturated heterocycles. The predicted molar refractivity (Wildman–Crippen MR) is 101 cm³/mol. The highest BCUT2D eigenvalue weighted by Crippen LogP contribution is 2.25. The van der Waals surface area contributed by atoms with Gasteiger partial charge in [-0.25, -0.2) is 0 Å². The van der Waals surface area contributed by atoms with E-state index < -0.39 is 0 Å². The first-order chi connectivity index (χ1) is 12.7. The van der Waals surface area contributed by atoms with Gasteiger partial charge in [-0.15, -0.1) is 0 Å². The number of rotatable bonds is 5. The molecule has 4 rings (SSSR count). The third-order valence-electron chi connectivity index (χ3n) is 5.17. The number of nitrogens with one attached hydrogen (secondary N) is 1. The molecule has 5 nitrogen and oxygen atoms in total. The number of likely N-dealkylation sites (tertiary alicyclic amines) is 1. The zero-order valence-corrected chi connectivity index (χ0v) is 14.9. The summed E-state index contributed by atoms with van der Waals surface area (Å²) in [6, 6.07) is 16.3. The lowest BCUT2D eigenvalue weighted by molar-refractivity contribution is -0.131. The van der Waals surface area contributed by atoms with Crippen LogP contribution >= 0.6 is 0 Å². The lowest BCUT2D eigenvalue weighted by Gasteiger charge is -2.25. The monoisotopic (exact) mass is 349 g/mol. The number of nitrogens with zero attached hydrogens (tertiary/aromatic N) is 2. The van der Waals surface area contributed by atoms with Gasteiger partial charge in [0.05, 0.1) is 24.7 Å². The van der Waals surface area contributed by atoms with Gasteiger partial charge in [-0.2, -0.15) is 5.10 Å². The predicted octanol–water partition coefficient (Wildman–Crippen LogP) is 3.35. The first-order valence-corrected chi connectivity index (χ1v) is 9.09. The van der Waals surface area contributed by atoms with E-state index in [0.717, 1.165) is 48.2 Å². The molecule has 1 atom stereocenters. The van der Waals surface area contributed by atoms with Gasteiger partial charge in [0.1, 0.15) is 5.75 Å². The second-order valence-corrected chi connectivity index (χ2v) is 6.83. The molecular formula is C21H23N3O2. The molecule has 0 unspecified atom stereocenters. The van der Waals surface area contributed by atoms with Crippen LogP contribution in [0.3, 0.4) is 0 Å². The number of carbonyl (C=O) groups excluding carboxylic acids is 1. The number of amides is 1. The van der Waals surface area contributed by atoms with Crippen LogP contribution in [0.2, 0.25) is 0 Å². The van der Waals surface area contributed by atoms with E-state index in [0.29, 0.717) is 6.42 Å². The fraction of sp³-hybridized carbons (Fsp3) is 0.333. The minimum atomic E-state index is 0.171. The second-order valence-electron chi connectivity index (χ2n) is 6.83. The van der Waals surface area contributed by atoms with Crippen molar-refractivity contribution in [3.63, 3.8) is 0 Å². The summed E-state index contributed by atoms with van der Waals surface area (Å²) in [6.07, 6.45) is 3.35. The van der Waals surface area contributed by atoms with Crippen LogP contribution < -0.4 is 4.74 Å². The van der Waals surface area contributed by atoms with Gasteiger partial charge in [-0.3, -0.25) is 9.89 Å². The lowest BCUT2D eigenvalue weighted by atomic mass is 10.0. The molecule has 1 aromatic heterocycles. The van der Waals surface area contributed by atoms with Crippen molar-refractivity contribution in [1.82, 2.24) is 15.1 Å². The van der Waals surface area contributed by atoms with E-state index in [4.69, 9.17) is 4.74 Å². The molecular weight excluding hydrogens is 326 g/mol. The number of para-hydroxylation sites is 1. The topological polar surface area (TPSA) is 58.2 Å². The molecule has 1 aliphatic heterocycles. The maximum Gasteiger partial charge on any atom is 0.228 e. The Morgan fingerprint density at radius 1 is 1.27 bits per heavy atom. The van der Waals surface area contributed by atoms with E-state index in [9.17, 15) is 4.79 Å². The molecule has 1 fully saturated rings. The number of aromatic nitrogens is 2. The molecule has 0 bridgehead atoms. The summed E-state index contributed by atoms with van der Waals surface area (Å²) < 4.78 is 5.31. The minimum Gasteiger partial charge on any atom is -0.497 e. The second kappa shape index (κ2) is 7.20. The van der Waals surface area contributed by atoms with Crippen LogP contribution in [0, 0.1) is 0 Å². The summed E-state index contributed by atoms with van der Waals surface area (Å²) in [6.45, 7) is 0.833. The Kier molecular flexibility index (Phi) is 4.61. The van der Waals surface area contributed by atoms with E-state index in [1.54, 1.807) is 7.11 Å². The SMILES string of the molecule is COc1cccc(C[C@@H]2CCCN2C(=O)Cc2[nH]nc3ccccc23)c1. The van der Waals surface area contributed by atoms with Crippen molar-refractivity contribution in [2.45, 2.75) is 31.7 Å². The molecule has 5 heteroatoms. The van der Waals surface area contributed by atoms with Gasteiger partial charge in [-0.1, -0.05) is 30.3 Å². The summed E-state index contributed by atoms with van der Waals surface area (Å²) >= 11 is 0. The zero-order chi connectivity index (χ0) is 17.9. The van der Waals surface area contributed by atoms with E-state index in [-0.39, 0.29) is 11.9 Å². The van der Waals surface area contributed by atoms with Crippen molar-refractivity contribution in [3.05, 3.63) is 59.8 Å². The Balaban J connectivity index is 1.48. The maximum atomic E-state index is 12.9. The van der Waals surface area contributed by atoms with Gasteiger partial charge < -0.3 is 9.64 Å². The molecule has 26 heavy (non-hydrogen) atoms. The highest BCUT2D eigenvalue weighted by molar-refractivity contribution is 5.87. The first-order valence-electron chi connectivity index (χ1n) is 9.09. The summed E-state index contributed by atoms with van der Waals surface area (Å²) in [7, 11) is 1.68. The lowest BCUT2D eigenvalue weighted by Crippen LogP contribution is -2.37. The summed E-state index contributed by atoms with van der Waals surface area (Å²) in [5.41, 5.74) is 3.02. The van der Waals surface area contributed by atoms with Crippen LogP contribution in [0.25, 0.3) is 10.9 Å². The van der Waals surface area contributed by atoms with Crippen LogP contribution in [0.4, 0.5) is 0 Å². The van der Waals surface area contributed by atoms with Crippen LogP contribution in [-0.4, -0.2) is 40.7 Å². The smallest absolute Gasteiger partial charge is 0.228 e. The average molecular weight is 349 g/mol. The number of aromatic amines is 1. The van der Waals surface area contributed by atoms with Gasteiger partial charge in [-0.05, 0) is 43.0 Å². The molecule has 1 N–H and O–H groups in total. The maximum absolute atomic E-state index is 12.9. The molecule has 2 aromatic carbocycles. The van der Waals surface area contributed by atoms with Gasteiger partial charge >= 0.3 is 0 Å². The number of methoxy groups -OCH3 is 1. The van der Waals surface area contributed by atoms with Crippen molar-refractivity contribution >= 4 is 16.8 Å². The molecule has 0 saturated carbocycles.